The highest BCUT2D eigenvalue weighted by Crippen LogP contribution is 2.29. The summed E-state index contributed by atoms with van der Waals surface area (Å²) in [5, 5.41) is 9.67. The minimum absolute atomic E-state index is 0.343. The van der Waals surface area contributed by atoms with Crippen molar-refractivity contribution in [2.45, 2.75) is 6.10 Å². The lowest BCUT2D eigenvalue weighted by molar-refractivity contribution is -0.150. The second-order valence-corrected chi connectivity index (χ2v) is 3.03. The smallest absolute Gasteiger partial charge is 0.339 e. The molecule has 1 aromatic carbocycles. The van der Waals surface area contributed by atoms with E-state index in [2.05, 4.69) is 4.74 Å². The summed E-state index contributed by atoms with van der Waals surface area (Å²) in [5.74, 6) is 0.221. The van der Waals surface area contributed by atoms with Crippen molar-refractivity contribution in [2.24, 2.45) is 0 Å². The highest BCUT2D eigenvalue weighted by atomic mass is 16.5. The number of esters is 1. The third-order valence-electron chi connectivity index (χ3n) is 2.16. The molecule has 1 atom stereocenters. The molecule has 16 heavy (non-hydrogen) atoms. The van der Waals surface area contributed by atoms with Crippen LogP contribution >= 0.6 is 0 Å². The van der Waals surface area contributed by atoms with Gasteiger partial charge in [-0.25, -0.2) is 4.79 Å². The van der Waals surface area contributed by atoms with Gasteiger partial charge in [-0.15, -0.1) is 0 Å². The Kier molecular flexibility index (Phi) is 4.13. The molecule has 88 valence electrons. The molecule has 1 aromatic rings. The standard InChI is InChI=1S/C11H14O5/c1-14-7-4-5-8(9(6-7)15-2)10(12)11(13)16-3/h4-6,10,12H,1-3H3. The quantitative estimate of drug-likeness (QED) is 0.773. The zero-order chi connectivity index (χ0) is 12.1. The maximum Gasteiger partial charge on any atom is 0.339 e. The first-order chi connectivity index (χ1) is 7.63. The Morgan fingerprint density at radius 2 is 1.94 bits per heavy atom. The molecule has 0 spiro atoms. The molecule has 0 fully saturated rings. The van der Waals surface area contributed by atoms with E-state index < -0.39 is 12.1 Å². The molecule has 5 heteroatoms. The van der Waals surface area contributed by atoms with Crippen molar-refractivity contribution in [3.05, 3.63) is 23.8 Å². The number of hydrogen-bond acceptors (Lipinski definition) is 5. The Balaban J connectivity index is 3.08. The van der Waals surface area contributed by atoms with Crippen molar-refractivity contribution in [2.75, 3.05) is 21.3 Å². The molecule has 1 unspecified atom stereocenters. The highest BCUT2D eigenvalue weighted by Gasteiger charge is 2.22. The van der Waals surface area contributed by atoms with Crippen LogP contribution in [0.25, 0.3) is 0 Å². The number of hydrogen-bond donors (Lipinski definition) is 1. The van der Waals surface area contributed by atoms with Crippen LogP contribution in [0.3, 0.4) is 0 Å². The summed E-state index contributed by atoms with van der Waals surface area (Å²) in [5.41, 5.74) is 0.343. The summed E-state index contributed by atoms with van der Waals surface area (Å²) in [6.07, 6.45) is -1.36. The molecule has 0 saturated carbocycles. The average Bonchev–Trinajstić information content (AvgIpc) is 2.35. The zero-order valence-electron chi connectivity index (χ0n) is 9.39. The van der Waals surface area contributed by atoms with E-state index in [4.69, 9.17) is 9.47 Å². The van der Waals surface area contributed by atoms with E-state index >= 15 is 0 Å². The van der Waals surface area contributed by atoms with Gasteiger partial charge < -0.3 is 19.3 Å². The Hall–Kier alpha value is -1.75. The fraction of sp³-hybridized carbons (Fsp3) is 0.364. The van der Waals surface area contributed by atoms with Gasteiger partial charge in [-0.2, -0.15) is 0 Å². The fourth-order valence-electron chi connectivity index (χ4n) is 1.28. The minimum Gasteiger partial charge on any atom is -0.497 e. The Morgan fingerprint density at radius 3 is 2.44 bits per heavy atom. The molecule has 0 aliphatic carbocycles. The van der Waals surface area contributed by atoms with Crippen LogP contribution in [0.1, 0.15) is 11.7 Å². The number of rotatable bonds is 4. The number of carbonyl (C=O) groups is 1. The first-order valence-corrected chi connectivity index (χ1v) is 4.61. The topological polar surface area (TPSA) is 65.0 Å². The van der Waals surface area contributed by atoms with E-state index in [9.17, 15) is 9.90 Å². The van der Waals surface area contributed by atoms with Crippen molar-refractivity contribution in [1.29, 1.82) is 0 Å². The molecule has 0 aliphatic rings. The molecule has 1 N–H and O–H groups in total. The monoisotopic (exact) mass is 226 g/mol. The number of carbonyl (C=O) groups excluding carboxylic acids is 1. The molecule has 1 rings (SSSR count). The van der Waals surface area contributed by atoms with Crippen LogP contribution in [-0.4, -0.2) is 32.4 Å². The number of aliphatic hydroxyl groups excluding tert-OH is 1. The average molecular weight is 226 g/mol. The predicted octanol–water partition coefficient (Wildman–Crippen LogP) is 0.910. The summed E-state index contributed by atoms with van der Waals surface area (Å²) in [6, 6.07) is 4.77. The zero-order valence-corrected chi connectivity index (χ0v) is 9.39. The Morgan fingerprint density at radius 1 is 1.25 bits per heavy atom. The summed E-state index contributed by atoms with van der Waals surface area (Å²) in [7, 11) is 4.18. The lowest BCUT2D eigenvalue weighted by Gasteiger charge is -2.13. The van der Waals surface area contributed by atoms with E-state index in [0.717, 1.165) is 0 Å². The maximum atomic E-state index is 11.2. The first-order valence-electron chi connectivity index (χ1n) is 4.61. The van der Waals surface area contributed by atoms with Crippen LogP contribution in [-0.2, 0) is 9.53 Å². The molecular weight excluding hydrogens is 212 g/mol. The third kappa shape index (κ3) is 2.43. The minimum atomic E-state index is -1.36. The molecule has 0 aromatic heterocycles. The van der Waals surface area contributed by atoms with Crippen molar-refractivity contribution < 1.29 is 24.1 Å². The van der Waals surface area contributed by atoms with Crippen LogP contribution in [0.2, 0.25) is 0 Å². The van der Waals surface area contributed by atoms with E-state index in [1.807, 2.05) is 0 Å². The Bertz CT molecular complexity index is 375. The van der Waals surface area contributed by atoms with Crippen LogP contribution in [0, 0.1) is 0 Å². The van der Waals surface area contributed by atoms with Crippen molar-refractivity contribution in [1.82, 2.24) is 0 Å². The predicted molar refractivity (Wildman–Crippen MR) is 56.5 cm³/mol. The van der Waals surface area contributed by atoms with Crippen LogP contribution < -0.4 is 9.47 Å². The summed E-state index contributed by atoms with van der Waals surface area (Å²) in [4.78, 5) is 11.2. The summed E-state index contributed by atoms with van der Waals surface area (Å²) in [6.45, 7) is 0. The third-order valence-corrected chi connectivity index (χ3v) is 2.16. The number of methoxy groups -OCH3 is 3. The second-order valence-electron chi connectivity index (χ2n) is 3.03. The molecule has 0 aliphatic heterocycles. The van der Waals surface area contributed by atoms with Gasteiger partial charge in [0.1, 0.15) is 11.5 Å². The van der Waals surface area contributed by atoms with Gasteiger partial charge in [-0.3, -0.25) is 0 Å². The largest absolute Gasteiger partial charge is 0.497 e. The molecule has 0 saturated heterocycles. The molecule has 0 amide bonds. The first kappa shape index (κ1) is 12.3. The Labute approximate surface area is 93.6 Å². The van der Waals surface area contributed by atoms with Gasteiger partial charge in [0.05, 0.1) is 21.3 Å². The van der Waals surface area contributed by atoms with Crippen molar-refractivity contribution in [3.63, 3.8) is 0 Å². The van der Waals surface area contributed by atoms with Crippen LogP contribution in [0.15, 0.2) is 18.2 Å². The number of ether oxygens (including phenoxy) is 3. The lowest BCUT2D eigenvalue weighted by Crippen LogP contribution is -2.14. The fourth-order valence-corrected chi connectivity index (χ4v) is 1.28. The van der Waals surface area contributed by atoms with Crippen molar-refractivity contribution >= 4 is 5.97 Å². The van der Waals surface area contributed by atoms with Gasteiger partial charge in [0, 0.05) is 11.6 Å². The lowest BCUT2D eigenvalue weighted by atomic mass is 10.1. The molecular formula is C11H14O5. The number of aliphatic hydroxyl groups is 1. The second kappa shape index (κ2) is 5.37. The van der Waals surface area contributed by atoms with Crippen LogP contribution in [0.4, 0.5) is 0 Å². The van der Waals surface area contributed by atoms with Gasteiger partial charge in [0.15, 0.2) is 6.10 Å². The molecule has 0 radical (unpaired) electrons. The van der Waals surface area contributed by atoms with Gasteiger partial charge in [0.25, 0.3) is 0 Å². The van der Waals surface area contributed by atoms with E-state index in [0.29, 0.717) is 17.1 Å². The number of benzene rings is 1. The van der Waals surface area contributed by atoms with Gasteiger partial charge >= 0.3 is 5.97 Å². The van der Waals surface area contributed by atoms with Gasteiger partial charge in [-0.05, 0) is 12.1 Å². The normalized spacial score (nSPS) is 11.8. The molecule has 0 heterocycles. The maximum absolute atomic E-state index is 11.2. The van der Waals surface area contributed by atoms with E-state index in [1.165, 1.54) is 21.3 Å². The van der Waals surface area contributed by atoms with Gasteiger partial charge in [0.2, 0.25) is 0 Å². The molecule has 0 bridgehead atoms. The van der Waals surface area contributed by atoms with Gasteiger partial charge in [-0.1, -0.05) is 0 Å². The van der Waals surface area contributed by atoms with Crippen molar-refractivity contribution in [3.8, 4) is 11.5 Å². The molecule has 5 nitrogen and oxygen atoms in total. The highest BCUT2D eigenvalue weighted by molar-refractivity contribution is 5.77. The SMILES string of the molecule is COC(=O)C(O)c1ccc(OC)cc1OC. The summed E-state index contributed by atoms with van der Waals surface area (Å²) < 4.78 is 14.5. The van der Waals surface area contributed by atoms with E-state index in [-0.39, 0.29) is 0 Å². The van der Waals surface area contributed by atoms with Crippen LogP contribution in [0.5, 0.6) is 11.5 Å². The summed E-state index contributed by atoms with van der Waals surface area (Å²) >= 11 is 0. The van der Waals surface area contributed by atoms with E-state index in [1.54, 1.807) is 18.2 Å².